The van der Waals surface area contributed by atoms with Gasteiger partial charge in [-0.25, -0.2) is 4.98 Å². The molecule has 0 radical (unpaired) electrons. The topological polar surface area (TPSA) is 34.1 Å². The van der Waals surface area contributed by atoms with Gasteiger partial charge in [-0.2, -0.15) is 8.78 Å². The minimum absolute atomic E-state index is 0.156. The van der Waals surface area contributed by atoms with E-state index in [9.17, 15) is 8.78 Å². The van der Waals surface area contributed by atoms with Crippen LogP contribution in [0.2, 0.25) is 0 Å². The van der Waals surface area contributed by atoms with E-state index >= 15 is 0 Å². The van der Waals surface area contributed by atoms with E-state index in [1.165, 1.54) is 18.9 Å². The van der Waals surface area contributed by atoms with Crippen LogP contribution in [0.3, 0.4) is 0 Å². The van der Waals surface area contributed by atoms with E-state index in [-0.39, 0.29) is 5.75 Å². The van der Waals surface area contributed by atoms with Crippen LogP contribution in [0.1, 0.15) is 17.8 Å². The predicted molar refractivity (Wildman–Crippen MR) is 78.6 cm³/mol. The number of aromatic nitrogens is 1. The zero-order chi connectivity index (χ0) is 14.7. The summed E-state index contributed by atoms with van der Waals surface area (Å²) < 4.78 is 28.9. The Labute approximate surface area is 126 Å². The highest BCUT2D eigenvalue weighted by atomic mass is 32.1. The molecular weight excluding hydrogens is 294 g/mol. The maximum Gasteiger partial charge on any atom is 0.387 e. The van der Waals surface area contributed by atoms with Gasteiger partial charge in [-0.15, -0.1) is 11.3 Å². The number of nitrogens with one attached hydrogen (secondary N) is 1. The zero-order valence-electron chi connectivity index (χ0n) is 11.4. The smallest absolute Gasteiger partial charge is 0.387 e. The fraction of sp³-hybridized carbons (Fsp3) is 0.400. The van der Waals surface area contributed by atoms with E-state index in [1.54, 1.807) is 23.5 Å². The monoisotopic (exact) mass is 310 g/mol. The summed E-state index contributed by atoms with van der Waals surface area (Å²) in [5.74, 6) is 0.997. The Morgan fingerprint density at radius 1 is 1.38 bits per heavy atom. The molecular formula is C15H16F2N2OS. The molecule has 0 aliphatic heterocycles. The molecule has 0 bridgehead atoms. The summed E-state index contributed by atoms with van der Waals surface area (Å²) in [6, 6.07) is 6.63. The van der Waals surface area contributed by atoms with Crippen LogP contribution >= 0.6 is 11.3 Å². The van der Waals surface area contributed by atoms with Gasteiger partial charge in [0.15, 0.2) is 0 Å². The first-order valence-electron chi connectivity index (χ1n) is 6.91. The lowest BCUT2D eigenvalue weighted by Crippen LogP contribution is -2.15. The van der Waals surface area contributed by atoms with Crippen molar-refractivity contribution >= 4 is 11.3 Å². The molecule has 1 N–H and O–H groups in total. The molecule has 0 spiro atoms. The molecule has 1 fully saturated rings. The molecule has 0 atom stereocenters. The number of benzene rings is 1. The molecule has 0 saturated heterocycles. The lowest BCUT2D eigenvalue weighted by Gasteiger charge is -2.05. The first-order chi connectivity index (χ1) is 10.2. The van der Waals surface area contributed by atoms with Gasteiger partial charge in [0.2, 0.25) is 0 Å². The number of hydrogen-bond donors (Lipinski definition) is 1. The zero-order valence-corrected chi connectivity index (χ0v) is 12.2. The standard InChI is InChI=1S/C15H16F2N2OS/c16-15(17)20-12-3-1-2-11(6-12)13-9-21-14(19-13)8-18-7-10-4-5-10/h1-3,6,9-10,15,18H,4-5,7-8H2. The van der Waals surface area contributed by atoms with Crippen molar-refractivity contribution < 1.29 is 13.5 Å². The lowest BCUT2D eigenvalue weighted by atomic mass is 10.2. The largest absolute Gasteiger partial charge is 0.435 e. The van der Waals surface area contributed by atoms with Crippen LogP contribution < -0.4 is 10.1 Å². The Kier molecular flexibility index (Phi) is 4.45. The van der Waals surface area contributed by atoms with E-state index in [4.69, 9.17) is 0 Å². The van der Waals surface area contributed by atoms with Crippen LogP contribution in [0.25, 0.3) is 11.3 Å². The van der Waals surface area contributed by atoms with Crippen molar-refractivity contribution in [2.75, 3.05) is 6.54 Å². The Bertz CT molecular complexity index is 599. The van der Waals surface area contributed by atoms with Gasteiger partial charge in [0, 0.05) is 17.5 Å². The second-order valence-corrected chi connectivity index (χ2v) is 6.05. The second kappa shape index (κ2) is 6.49. The van der Waals surface area contributed by atoms with Gasteiger partial charge in [0.25, 0.3) is 0 Å². The fourth-order valence-electron chi connectivity index (χ4n) is 2.06. The van der Waals surface area contributed by atoms with Crippen LogP contribution in [0.5, 0.6) is 5.75 Å². The molecule has 6 heteroatoms. The summed E-state index contributed by atoms with van der Waals surface area (Å²) in [4.78, 5) is 4.53. The number of ether oxygens (including phenoxy) is 1. The highest BCUT2D eigenvalue weighted by Gasteiger charge is 2.20. The maximum atomic E-state index is 12.2. The van der Waals surface area contributed by atoms with Crippen molar-refractivity contribution in [1.29, 1.82) is 0 Å². The number of alkyl halides is 2. The maximum absolute atomic E-state index is 12.2. The van der Waals surface area contributed by atoms with Gasteiger partial charge in [-0.3, -0.25) is 0 Å². The van der Waals surface area contributed by atoms with Crippen LogP contribution in [0, 0.1) is 5.92 Å². The molecule has 1 aromatic carbocycles. The second-order valence-electron chi connectivity index (χ2n) is 5.11. The third-order valence-corrected chi connectivity index (χ3v) is 4.16. The normalized spacial score (nSPS) is 14.6. The SMILES string of the molecule is FC(F)Oc1cccc(-c2csc(CNCC3CC3)n2)c1. The first-order valence-corrected chi connectivity index (χ1v) is 7.79. The summed E-state index contributed by atoms with van der Waals surface area (Å²) >= 11 is 1.57. The molecule has 0 unspecified atom stereocenters. The number of rotatable bonds is 7. The fourth-order valence-corrected chi connectivity index (χ4v) is 2.83. The van der Waals surface area contributed by atoms with E-state index < -0.39 is 6.61 Å². The number of nitrogens with zero attached hydrogens (tertiary/aromatic N) is 1. The van der Waals surface area contributed by atoms with Crippen LogP contribution in [0.15, 0.2) is 29.6 Å². The molecule has 1 aliphatic rings. The quantitative estimate of drug-likeness (QED) is 0.842. The molecule has 112 valence electrons. The summed E-state index contributed by atoms with van der Waals surface area (Å²) in [5, 5.41) is 6.34. The van der Waals surface area contributed by atoms with E-state index in [0.717, 1.165) is 35.3 Å². The van der Waals surface area contributed by atoms with Gasteiger partial charge in [-0.1, -0.05) is 12.1 Å². The molecule has 1 saturated carbocycles. The van der Waals surface area contributed by atoms with Crippen molar-refractivity contribution in [2.24, 2.45) is 5.92 Å². The Balaban J connectivity index is 1.64. The van der Waals surface area contributed by atoms with Crippen molar-refractivity contribution in [1.82, 2.24) is 10.3 Å². The summed E-state index contributed by atoms with van der Waals surface area (Å²) in [6.07, 6.45) is 2.65. The van der Waals surface area contributed by atoms with Gasteiger partial charge >= 0.3 is 6.61 Å². The van der Waals surface area contributed by atoms with E-state index in [0.29, 0.717) is 0 Å². The first kappa shape index (κ1) is 14.4. The van der Waals surface area contributed by atoms with E-state index in [1.807, 2.05) is 11.4 Å². The van der Waals surface area contributed by atoms with Gasteiger partial charge in [-0.05, 0) is 37.4 Å². The Hall–Kier alpha value is -1.53. The van der Waals surface area contributed by atoms with Crippen molar-refractivity contribution in [3.8, 4) is 17.0 Å². The predicted octanol–water partition coefficient (Wildman–Crippen LogP) is 3.91. The molecule has 1 heterocycles. The molecule has 21 heavy (non-hydrogen) atoms. The molecule has 3 nitrogen and oxygen atoms in total. The van der Waals surface area contributed by atoms with Gasteiger partial charge in [0.05, 0.1) is 5.69 Å². The van der Waals surface area contributed by atoms with Crippen LogP contribution in [-0.2, 0) is 6.54 Å². The molecule has 1 aliphatic carbocycles. The summed E-state index contributed by atoms with van der Waals surface area (Å²) in [5.41, 5.74) is 1.58. The molecule has 1 aromatic heterocycles. The molecule has 0 amide bonds. The number of halogens is 2. The van der Waals surface area contributed by atoms with Crippen molar-refractivity contribution in [3.05, 3.63) is 34.7 Å². The average molecular weight is 310 g/mol. The minimum atomic E-state index is -2.81. The van der Waals surface area contributed by atoms with Gasteiger partial charge < -0.3 is 10.1 Å². The number of thiazole rings is 1. The summed E-state index contributed by atoms with van der Waals surface area (Å²) in [6.45, 7) is -1.00. The van der Waals surface area contributed by atoms with Crippen molar-refractivity contribution in [3.63, 3.8) is 0 Å². The molecule has 2 aromatic rings. The number of hydrogen-bond acceptors (Lipinski definition) is 4. The van der Waals surface area contributed by atoms with Crippen molar-refractivity contribution in [2.45, 2.75) is 26.0 Å². The molecule has 3 rings (SSSR count). The third-order valence-electron chi connectivity index (χ3n) is 3.31. The van der Waals surface area contributed by atoms with E-state index in [2.05, 4.69) is 15.0 Å². The lowest BCUT2D eigenvalue weighted by molar-refractivity contribution is -0.0498. The Morgan fingerprint density at radius 3 is 3.00 bits per heavy atom. The minimum Gasteiger partial charge on any atom is -0.435 e. The van der Waals surface area contributed by atoms with Gasteiger partial charge in [0.1, 0.15) is 10.8 Å². The Morgan fingerprint density at radius 2 is 2.24 bits per heavy atom. The highest BCUT2D eigenvalue weighted by Crippen LogP contribution is 2.28. The third kappa shape index (κ3) is 4.22. The van der Waals surface area contributed by atoms with Crippen LogP contribution in [-0.4, -0.2) is 18.1 Å². The van der Waals surface area contributed by atoms with Crippen LogP contribution in [0.4, 0.5) is 8.78 Å². The average Bonchev–Trinajstić information content (AvgIpc) is 3.14. The highest BCUT2D eigenvalue weighted by molar-refractivity contribution is 7.09. The summed E-state index contributed by atoms with van der Waals surface area (Å²) in [7, 11) is 0.